The molecule has 0 aliphatic carbocycles. The van der Waals surface area contributed by atoms with E-state index in [2.05, 4.69) is 28.9 Å². The summed E-state index contributed by atoms with van der Waals surface area (Å²) in [6, 6.07) is 10.6. The summed E-state index contributed by atoms with van der Waals surface area (Å²) in [7, 11) is 1.61. The summed E-state index contributed by atoms with van der Waals surface area (Å²) in [5, 5.41) is 3.73. The molecule has 2 aromatic rings. The van der Waals surface area contributed by atoms with Gasteiger partial charge in [0.15, 0.2) is 11.5 Å². The molecule has 0 saturated heterocycles. The lowest BCUT2D eigenvalue weighted by atomic mass is 9.94. The molecule has 2 aromatic carbocycles. The van der Waals surface area contributed by atoms with Gasteiger partial charge in [-0.3, -0.25) is 9.69 Å². The van der Waals surface area contributed by atoms with Gasteiger partial charge >= 0.3 is 0 Å². The van der Waals surface area contributed by atoms with Crippen molar-refractivity contribution in [3.63, 3.8) is 0 Å². The number of carbonyl (C=O) groups is 1. The predicted molar refractivity (Wildman–Crippen MR) is 131 cm³/mol. The van der Waals surface area contributed by atoms with Crippen LogP contribution >= 0.6 is 23.2 Å². The van der Waals surface area contributed by atoms with Crippen LogP contribution in [0.25, 0.3) is 0 Å². The lowest BCUT2D eigenvalue weighted by molar-refractivity contribution is -0.117. The molecule has 0 saturated carbocycles. The van der Waals surface area contributed by atoms with E-state index in [9.17, 15) is 4.79 Å². The van der Waals surface area contributed by atoms with Crippen LogP contribution in [0.3, 0.4) is 0 Å². The van der Waals surface area contributed by atoms with Gasteiger partial charge in [0.1, 0.15) is 6.61 Å². The topological polar surface area (TPSA) is 50.8 Å². The van der Waals surface area contributed by atoms with Gasteiger partial charge in [0.25, 0.3) is 0 Å². The second kappa shape index (κ2) is 12.0. The zero-order valence-electron chi connectivity index (χ0n) is 18.2. The fourth-order valence-electron chi connectivity index (χ4n) is 3.56. The fourth-order valence-corrected chi connectivity index (χ4v) is 3.86. The van der Waals surface area contributed by atoms with Crippen LogP contribution in [0.4, 0.5) is 5.69 Å². The second-order valence-electron chi connectivity index (χ2n) is 7.51. The van der Waals surface area contributed by atoms with E-state index in [1.54, 1.807) is 31.4 Å². The number of nitrogens with one attached hydrogen (secondary N) is 1. The molecule has 0 bridgehead atoms. The van der Waals surface area contributed by atoms with Crippen molar-refractivity contribution in [2.45, 2.75) is 18.8 Å². The maximum absolute atomic E-state index is 13.1. The average molecular weight is 475 g/mol. The van der Waals surface area contributed by atoms with Gasteiger partial charge in [0, 0.05) is 25.3 Å². The first kappa shape index (κ1) is 24.2. The summed E-state index contributed by atoms with van der Waals surface area (Å²) in [5.41, 5.74) is 1.40. The van der Waals surface area contributed by atoms with Gasteiger partial charge in [-0.1, -0.05) is 47.5 Å². The van der Waals surface area contributed by atoms with Crippen molar-refractivity contribution in [2.75, 3.05) is 38.7 Å². The van der Waals surface area contributed by atoms with Crippen LogP contribution in [-0.4, -0.2) is 44.2 Å². The highest BCUT2D eigenvalue weighted by Crippen LogP contribution is 2.33. The molecule has 7 heteroatoms. The molecule has 1 aliphatic rings. The number of amides is 1. The Bertz CT molecular complexity index is 978. The smallest absolute Gasteiger partial charge is 0.232 e. The van der Waals surface area contributed by atoms with E-state index in [0.29, 0.717) is 40.3 Å². The van der Waals surface area contributed by atoms with Crippen molar-refractivity contribution in [1.82, 2.24) is 4.90 Å². The molecule has 170 valence electrons. The molecule has 1 aliphatic heterocycles. The highest BCUT2D eigenvalue weighted by Gasteiger charge is 2.22. The van der Waals surface area contributed by atoms with E-state index in [1.165, 1.54) is 0 Å². The summed E-state index contributed by atoms with van der Waals surface area (Å²) in [4.78, 5) is 15.4. The van der Waals surface area contributed by atoms with E-state index in [1.807, 2.05) is 18.2 Å². The molecular weight excluding hydrogens is 447 g/mol. The number of benzene rings is 2. The Morgan fingerprint density at radius 3 is 2.72 bits per heavy atom. The zero-order valence-corrected chi connectivity index (χ0v) is 19.7. The summed E-state index contributed by atoms with van der Waals surface area (Å²) in [5.74, 6) is 0.644. The van der Waals surface area contributed by atoms with Crippen LogP contribution < -0.4 is 14.8 Å². The van der Waals surface area contributed by atoms with E-state index in [4.69, 9.17) is 32.7 Å². The van der Waals surface area contributed by atoms with E-state index < -0.39 is 5.92 Å². The van der Waals surface area contributed by atoms with E-state index in [-0.39, 0.29) is 5.91 Å². The molecule has 1 atom stereocenters. The molecule has 0 spiro atoms. The molecular formula is C25H28Cl2N2O3. The number of halogens is 2. The minimum Gasteiger partial charge on any atom is -0.493 e. The Hall–Kier alpha value is -2.47. The molecule has 3 rings (SSSR count). The van der Waals surface area contributed by atoms with Gasteiger partial charge in [-0.25, -0.2) is 0 Å². The van der Waals surface area contributed by atoms with Crippen LogP contribution in [0, 0.1) is 0 Å². The summed E-state index contributed by atoms with van der Waals surface area (Å²) < 4.78 is 11.5. The zero-order chi connectivity index (χ0) is 22.9. The molecule has 1 unspecified atom stereocenters. The first-order valence-corrected chi connectivity index (χ1v) is 11.3. The number of allylic oxidation sites excluding steroid dienone is 1. The van der Waals surface area contributed by atoms with E-state index in [0.717, 1.165) is 31.6 Å². The first-order valence-electron chi connectivity index (χ1n) is 10.6. The maximum atomic E-state index is 13.1. The van der Waals surface area contributed by atoms with Crippen molar-refractivity contribution in [1.29, 1.82) is 0 Å². The van der Waals surface area contributed by atoms with Crippen LogP contribution in [0.1, 0.15) is 24.3 Å². The third kappa shape index (κ3) is 6.52. The van der Waals surface area contributed by atoms with Crippen molar-refractivity contribution in [3.05, 3.63) is 76.8 Å². The van der Waals surface area contributed by atoms with Crippen LogP contribution in [0.5, 0.6) is 11.5 Å². The minimum absolute atomic E-state index is 0.167. The Morgan fingerprint density at radius 2 is 2.03 bits per heavy atom. The number of hydrogen-bond donors (Lipinski definition) is 1. The fraction of sp³-hybridized carbons (Fsp3) is 0.320. The lowest BCUT2D eigenvalue weighted by Crippen LogP contribution is -2.31. The van der Waals surface area contributed by atoms with Crippen molar-refractivity contribution in [3.8, 4) is 11.5 Å². The summed E-state index contributed by atoms with van der Waals surface area (Å²) in [6.07, 6.45) is 7.65. The quantitative estimate of drug-likeness (QED) is 0.432. The van der Waals surface area contributed by atoms with Gasteiger partial charge in [0.05, 0.1) is 23.1 Å². The molecule has 0 radical (unpaired) electrons. The Balaban J connectivity index is 1.73. The third-order valence-electron chi connectivity index (χ3n) is 5.30. The highest BCUT2D eigenvalue weighted by atomic mass is 35.5. The highest BCUT2D eigenvalue weighted by molar-refractivity contribution is 6.42. The van der Waals surface area contributed by atoms with Crippen LogP contribution in [-0.2, 0) is 4.79 Å². The number of anilines is 1. The second-order valence-corrected chi connectivity index (χ2v) is 8.33. The van der Waals surface area contributed by atoms with Crippen LogP contribution in [0.15, 0.2) is 61.2 Å². The Labute approximate surface area is 199 Å². The molecule has 32 heavy (non-hydrogen) atoms. The van der Waals surface area contributed by atoms with Gasteiger partial charge in [0.2, 0.25) is 5.91 Å². The summed E-state index contributed by atoms with van der Waals surface area (Å²) in [6.45, 7) is 7.15. The molecule has 0 aromatic heterocycles. The van der Waals surface area contributed by atoms with Crippen molar-refractivity contribution < 1.29 is 14.3 Å². The monoisotopic (exact) mass is 474 g/mol. The SMILES string of the molecule is C=CCC(C(=O)Nc1ccc(Cl)c(Cl)c1)c1ccc(OC)c(OCCN2CC=CCC2)c1. The number of methoxy groups -OCH3 is 1. The number of carbonyl (C=O) groups excluding carboxylic acids is 1. The van der Waals surface area contributed by atoms with Gasteiger partial charge in [-0.2, -0.15) is 0 Å². The van der Waals surface area contributed by atoms with Crippen molar-refractivity contribution in [2.24, 2.45) is 0 Å². The average Bonchev–Trinajstić information content (AvgIpc) is 2.80. The van der Waals surface area contributed by atoms with E-state index >= 15 is 0 Å². The Kier molecular flexibility index (Phi) is 9.03. The third-order valence-corrected chi connectivity index (χ3v) is 6.04. The minimum atomic E-state index is -0.442. The molecule has 5 nitrogen and oxygen atoms in total. The largest absolute Gasteiger partial charge is 0.493 e. The summed E-state index contributed by atoms with van der Waals surface area (Å²) >= 11 is 12.0. The van der Waals surface area contributed by atoms with Gasteiger partial charge in [-0.05, 0) is 48.7 Å². The number of rotatable bonds is 10. The predicted octanol–water partition coefficient (Wildman–Crippen LogP) is 5.94. The molecule has 1 N–H and O–H groups in total. The molecule has 0 fully saturated rings. The molecule has 1 heterocycles. The molecule has 1 amide bonds. The number of ether oxygens (including phenoxy) is 2. The van der Waals surface area contributed by atoms with Crippen LogP contribution in [0.2, 0.25) is 10.0 Å². The lowest BCUT2D eigenvalue weighted by Gasteiger charge is -2.23. The van der Waals surface area contributed by atoms with Crippen molar-refractivity contribution >= 4 is 34.8 Å². The maximum Gasteiger partial charge on any atom is 0.232 e. The number of nitrogens with zero attached hydrogens (tertiary/aromatic N) is 1. The van der Waals surface area contributed by atoms with Gasteiger partial charge < -0.3 is 14.8 Å². The first-order chi connectivity index (χ1) is 15.5. The Morgan fingerprint density at radius 1 is 1.19 bits per heavy atom. The normalized spacial score (nSPS) is 14.6. The van der Waals surface area contributed by atoms with Gasteiger partial charge in [-0.15, -0.1) is 6.58 Å². The standard InChI is InChI=1S/C25H28Cl2N2O3/c1-3-7-20(25(30)28-19-9-10-21(26)22(27)17-19)18-8-11-23(31-2)24(16-18)32-15-14-29-12-5-4-6-13-29/h3-5,8-11,16-17,20H,1,6-7,12-15H2,2H3,(H,28,30). The number of hydrogen-bond acceptors (Lipinski definition) is 4.